The lowest BCUT2D eigenvalue weighted by Gasteiger charge is -2.11. The zero-order valence-electron chi connectivity index (χ0n) is 12.1. The maximum atomic E-state index is 12.5. The Balaban J connectivity index is 2.23. The fraction of sp³-hybridized carbons (Fsp3) is 0.545. The fourth-order valence-electron chi connectivity index (χ4n) is 1.88. The summed E-state index contributed by atoms with van der Waals surface area (Å²) in [4.78, 5) is 3.94. The minimum atomic E-state index is -3.75. The average molecular weight is 313 g/mol. The summed E-state index contributed by atoms with van der Waals surface area (Å²) < 4.78 is 27.4. The van der Waals surface area contributed by atoms with Crippen molar-refractivity contribution >= 4 is 10.0 Å². The Hall–Kier alpha value is -1.78. The van der Waals surface area contributed by atoms with Gasteiger partial charge in [0, 0.05) is 17.8 Å². The van der Waals surface area contributed by atoms with Crippen LogP contribution in [-0.2, 0) is 16.6 Å². The highest BCUT2D eigenvalue weighted by atomic mass is 32.2. The molecule has 0 saturated carbocycles. The van der Waals surface area contributed by atoms with Gasteiger partial charge in [-0.1, -0.05) is 6.92 Å². The van der Waals surface area contributed by atoms with E-state index in [4.69, 9.17) is 0 Å². The second-order valence-electron chi connectivity index (χ2n) is 4.63. The quantitative estimate of drug-likeness (QED) is 0.569. The topological polar surface area (TPSA) is 128 Å². The monoisotopic (exact) mass is 313 g/mol. The van der Waals surface area contributed by atoms with E-state index in [2.05, 4.69) is 35.4 Å². The van der Waals surface area contributed by atoms with Crippen molar-refractivity contribution in [2.45, 2.75) is 38.4 Å². The molecule has 0 amide bonds. The SMILES string of the molecule is CCNCc1c(S(=O)(=O)NC(C)c2ncn[nH]2)n[nH]c1C. The van der Waals surface area contributed by atoms with Gasteiger partial charge in [-0.3, -0.25) is 10.2 Å². The van der Waals surface area contributed by atoms with Gasteiger partial charge in [-0.25, -0.2) is 13.4 Å². The van der Waals surface area contributed by atoms with Crippen molar-refractivity contribution in [1.29, 1.82) is 0 Å². The first kappa shape index (κ1) is 15.6. The molecule has 0 aliphatic heterocycles. The van der Waals surface area contributed by atoms with E-state index in [1.54, 1.807) is 13.8 Å². The third-order valence-electron chi connectivity index (χ3n) is 3.02. The molecule has 0 fully saturated rings. The average Bonchev–Trinajstić information content (AvgIpc) is 3.05. The number of aryl methyl sites for hydroxylation is 1. The van der Waals surface area contributed by atoms with Crippen LogP contribution in [0.2, 0.25) is 0 Å². The molecule has 4 N–H and O–H groups in total. The standard InChI is InChI=1S/C11H19N7O2S/c1-4-12-5-9-7(2)15-17-11(9)21(19,20)18-8(3)10-13-6-14-16-10/h6,8,12,18H,4-5H2,1-3H3,(H,15,17)(H,13,14,16). The van der Waals surface area contributed by atoms with E-state index in [9.17, 15) is 8.42 Å². The van der Waals surface area contributed by atoms with E-state index >= 15 is 0 Å². The maximum absolute atomic E-state index is 12.5. The van der Waals surface area contributed by atoms with Crippen LogP contribution in [0.5, 0.6) is 0 Å². The molecule has 0 spiro atoms. The molecule has 1 unspecified atom stereocenters. The maximum Gasteiger partial charge on any atom is 0.260 e. The summed E-state index contributed by atoms with van der Waals surface area (Å²) in [6, 6.07) is -0.526. The Morgan fingerprint density at radius 3 is 2.76 bits per heavy atom. The van der Waals surface area contributed by atoms with Gasteiger partial charge in [-0.2, -0.15) is 14.9 Å². The lowest BCUT2D eigenvalue weighted by atomic mass is 10.2. The molecule has 0 aromatic carbocycles. The second kappa shape index (κ2) is 6.33. The predicted molar refractivity (Wildman–Crippen MR) is 75.8 cm³/mol. The summed E-state index contributed by atoms with van der Waals surface area (Å²) in [6.45, 7) is 6.60. The summed E-state index contributed by atoms with van der Waals surface area (Å²) in [7, 11) is -3.75. The van der Waals surface area contributed by atoms with E-state index in [1.165, 1.54) is 6.33 Å². The molecular formula is C11H19N7O2S. The molecule has 2 aromatic heterocycles. The predicted octanol–water partition coefficient (Wildman–Crippen LogP) is -0.0148. The molecule has 10 heteroatoms. The molecule has 21 heavy (non-hydrogen) atoms. The van der Waals surface area contributed by atoms with E-state index in [1.807, 2.05) is 6.92 Å². The molecule has 2 rings (SSSR count). The number of aromatic nitrogens is 5. The van der Waals surface area contributed by atoms with Crippen LogP contribution in [0.4, 0.5) is 0 Å². The number of sulfonamides is 1. The molecule has 0 radical (unpaired) electrons. The van der Waals surface area contributed by atoms with E-state index in [0.717, 1.165) is 12.2 Å². The van der Waals surface area contributed by atoms with E-state index in [-0.39, 0.29) is 5.03 Å². The Kier molecular flexibility index (Phi) is 4.70. The number of nitrogens with zero attached hydrogens (tertiary/aromatic N) is 3. The van der Waals surface area contributed by atoms with Crippen LogP contribution in [-0.4, -0.2) is 40.3 Å². The molecule has 116 valence electrons. The Bertz CT molecular complexity index is 678. The number of rotatable bonds is 7. The van der Waals surface area contributed by atoms with Crippen molar-refractivity contribution in [2.75, 3.05) is 6.54 Å². The summed E-state index contributed by atoms with van der Waals surface area (Å²) in [5.74, 6) is 0.444. The Morgan fingerprint density at radius 1 is 1.38 bits per heavy atom. The van der Waals surface area contributed by atoms with Crippen LogP contribution < -0.4 is 10.0 Å². The summed E-state index contributed by atoms with van der Waals surface area (Å²) in [6.07, 6.45) is 1.33. The zero-order valence-corrected chi connectivity index (χ0v) is 13.0. The van der Waals surface area contributed by atoms with Gasteiger partial charge in [0.25, 0.3) is 10.0 Å². The van der Waals surface area contributed by atoms with Crippen LogP contribution >= 0.6 is 0 Å². The molecule has 1 atom stereocenters. The van der Waals surface area contributed by atoms with Crippen molar-refractivity contribution < 1.29 is 8.42 Å². The van der Waals surface area contributed by atoms with Crippen molar-refractivity contribution in [3.05, 3.63) is 23.4 Å². The molecule has 9 nitrogen and oxygen atoms in total. The van der Waals surface area contributed by atoms with Crippen molar-refractivity contribution in [3.8, 4) is 0 Å². The Labute approximate surface area is 123 Å². The summed E-state index contributed by atoms with van der Waals surface area (Å²) >= 11 is 0. The van der Waals surface area contributed by atoms with Crippen molar-refractivity contribution in [3.63, 3.8) is 0 Å². The summed E-state index contributed by atoms with van der Waals surface area (Å²) in [5, 5.41) is 16.1. The van der Waals surface area contributed by atoms with Crippen LogP contribution in [0, 0.1) is 6.92 Å². The molecule has 0 aliphatic carbocycles. The molecule has 0 aliphatic rings. The Morgan fingerprint density at radius 2 is 2.14 bits per heavy atom. The van der Waals surface area contributed by atoms with Gasteiger partial charge in [-0.15, -0.1) is 0 Å². The highest BCUT2D eigenvalue weighted by molar-refractivity contribution is 7.89. The molecule has 2 aromatic rings. The number of hydrogen-bond acceptors (Lipinski definition) is 6. The third-order valence-corrected chi connectivity index (χ3v) is 4.53. The van der Waals surface area contributed by atoms with Gasteiger partial charge in [0.2, 0.25) is 0 Å². The van der Waals surface area contributed by atoms with Gasteiger partial charge < -0.3 is 5.32 Å². The van der Waals surface area contributed by atoms with Gasteiger partial charge in [0.05, 0.1) is 6.04 Å². The summed E-state index contributed by atoms with van der Waals surface area (Å²) in [5.41, 5.74) is 1.36. The molecule has 0 bridgehead atoms. The number of aromatic amines is 2. The van der Waals surface area contributed by atoms with Crippen LogP contribution in [0.25, 0.3) is 0 Å². The largest absolute Gasteiger partial charge is 0.313 e. The normalized spacial score (nSPS) is 13.5. The van der Waals surface area contributed by atoms with E-state index < -0.39 is 16.1 Å². The number of H-pyrrole nitrogens is 2. The number of nitrogens with one attached hydrogen (secondary N) is 4. The first-order chi connectivity index (χ1) is 9.95. The molecule has 0 saturated heterocycles. The third kappa shape index (κ3) is 3.46. The number of hydrogen-bond donors (Lipinski definition) is 4. The fourth-order valence-corrected chi connectivity index (χ4v) is 3.28. The minimum absolute atomic E-state index is 0.00677. The highest BCUT2D eigenvalue weighted by Crippen LogP contribution is 2.18. The van der Waals surface area contributed by atoms with E-state index in [0.29, 0.717) is 17.9 Å². The lowest BCUT2D eigenvalue weighted by Crippen LogP contribution is -2.29. The molecule has 2 heterocycles. The zero-order chi connectivity index (χ0) is 15.5. The van der Waals surface area contributed by atoms with Gasteiger partial charge in [0.15, 0.2) is 5.03 Å². The minimum Gasteiger partial charge on any atom is -0.313 e. The van der Waals surface area contributed by atoms with Crippen molar-refractivity contribution in [2.24, 2.45) is 0 Å². The van der Waals surface area contributed by atoms with Crippen molar-refractivity contribution in [1.82, 2.24) is 35.4 Å². The smallest absolute Gasteiger partial charge is 0.260 e. The molecular weight excluding hydrogens is 294 g/mol. The first-order valence-corrected chi connectivity index (χ1v) is 8.06. The van der Waals surface area contributed by atoms with Crippen LogP contribution in [0.15, 0.2) is 11.4 Å². The van der Waals surface area contributed by atoms with Gasteiger partial charge in [0.1, 0.15) is 12.2 Å². The van der Waals surface area contributed by atoms with Gasteiger partial charge >= 0.3 is 0 Å². The highest BCUT2D eigenvalue weighted by Gasteiger charge is 2.26. The first-order valence-electron chi connectivity index (χ1n) is 6.57. The lowest BCUT2D eigenvalue weighted by molar-refractivity contribution is 0.554. The van der Waals surface area contributed by atoms with Crippen LogP contribution in [0.3, 0.4) is 0 Å². The second-order valence-corrected chi connectivity index (χ2v) is 6.26. The van der Waals surface area contributed by atoms with Gasteiger partial charge in [-0.05, 0) is 20.4 Å². The van der Waals surface area contributed by atoms with Crippen LogP contribution in [0.1, 0.15) is 37.0 Å².